The van der Waals surface area contributed by atoms with Crippen molar-refractivity contribution in [1.29, 1.82) is 0 Å². The number of nitrogens with zero attached hydrogens (tertiary/aromatic N) is 1. The van der Waals surface area contributed by atoms with E-state index in [1.807, 2.05) is 61.5 Å². The van der Waals surface area contributed by atoms with Crippen molar-refractivity contribution in [2.24, 2.45) is 0 Å². The smallest absolute Gasteiger partial charge is 0.255 e. The van der Waals surface area contributed by atoms with Crippen LogP contribution in [0.25, 0.3) is 10.8 Å². The molecular formula is C26H30N2O4. The number of benzene rings is 3. The highest BCUT2D eigenvalue weighted by atomic mass is 16.5. The molecule has 0 bridgehead atoms. The highest BCUT2D eigenvalue weighted by Crippen LogP contribution is 2.29. The van der Waals surface area contributed by atoms with E-state index in [1.165, 1.54) is 0 Å². The van der Waals surface area contributed by atoms with Gasteiger partial charge in [0.15, 0.2) is 0 Å². The number of hydrogen-bond donors (Lipinski definition) is 1. The van der Waals surface area contributed by atoms with Gasteiger partial charge in [-0.1, -0.05) is 42.5 Å². The molecule has 1 N–H and O–H groups in total. The van der Waals surface area contributed by atoms with Gasteiger partial charge in [-0.2, -0.15) is 0 Å². The Kier molecular flexibility index (Phi) is 7.24. The number of amides is 1. The summed E-state index contributed by atoms with van der Waals surface area (Å²) in [6.07, 6.45) is 0. The van der Waals surface area contributed by atoms with Crippen LogP contribution in [0.3, 0.4) is 0 Å². The fraction of sp³-hybridized carbons (Fsp3) is 0.346. The molecule has 1 amide bonds. The molecule has 1 fully saturated rings. The maximum absolute atomic E-state index is 13.4. The zero-order valence-corrected chi connectivity index (χ0v) is 18.7. The van der Waals surface area contributed by atoms with Gasteiger partial charge >= 0.3 is 0 Å². The molecule has 3 aromatic rings. The van der Waals surface area contributed by atoms with Crippen LogP contribution in [0, 0.1) is 0 Å². The zero-order valence-electron chi connectivity index (χ0n) is 18.7. The van der Waals surface area contributed by atoms with Gasteiger partial charge in [0, 0.05) is 19.6 Å². The lowest BCUT2D eigenvalue weighted by Gasteiger charge is -2.35. The van der Waals surface area contributed by atoms with Crippen LogP contribution in [0.2, 0.25) is 0 Å². The second kappa shape index (κ2) is 10.5. The SMILES string of the molecule is CCOc1ccc2ccccc2c1C(=O)NC[C@H](c1cccc(OC)c1)N1CCOCC1. The number of morpholine rings is 1. The minimum absolute atomic E-state index is 0.0171. The predicted octanol–water partition coefficient (Wildman–Crippen LogP) is 4.05. The van der Waals surface area contributed by atoms with Crippen LogP contribution in [0.4, 0.5) is 0 Å². The summed E-state index contributed by atoms with van der Waals surface area (Å²) in [6, 6.07) is 19.8. The average Bonchev–Trinajstić information content (AvgIpc) is 2.85. The molecule has 6 heteroatoms. The molecule has 0 unspecified atom stereocenters. The van der Waals surface area contributed by atoms with Crippen molar-refractivity contribution in [1.82, 2.24) is 10.2 Å². The number of fused-ring (bicyclic) bond motifs is 1. The summed E-state index contributed by atoms with van der Waals surface area (Å²) >= 11 is 0. The van der Waals surface area contributed by atoms with E-state index >= 15 is 0 Å². The number of nitrogens with one attached hydrogen (secondary N) is 1. The van der Waals surface area contributed by atoms with Gasteiger partial charge in [0.05, 0.1) is 38.5 Å². The summed E-state index contributed by atoms with van der Waals surface area (Å²) < 4.78 is 16.8. The molecule has 1 saturated heterocycles. The molecule has 1 heterocycles. The highest BCUT2D eigenvalue weighted by Gasteiger charge is 2.25. The van der Waals surface area contributed by atoms with Crippen molar-refractivity contribution in [3.05, 3.63) is 71.8 Å². The lowest BCUT2D eigenvalue weighted by molar-refractivity contribution is 0.0162. The standard InChI is InChI=1S/C26H30N2O4/c1-3-32-24-12-11-19-7-4-5-10-22(19)25(24)26(29)27-18-23(28-13-15-31-16-14-28)20-8-6-9-21(17-20)30-2/h4-12,17,23H,3,13-16,18H2,1-2H3,(H,27,29)/t23-/m1/s1. The maximum atomic E-state index is 13.4. The molecule has 1 atom stereocenters. The Morgan fingerprint density at radius 2 is 1.91 bits per heavy atom. The van der Waals surface area contributed by atoms with Crippen molar-refractivity contribution in [3.8, 4) is 11.5 Å². The second-order valence-electron chi connectivity index (χ2n) is 7.74. The summed E-state index contributed by atoms with van der Waals surface area (Å²) in [5.41, 5.74) is 1.69. The third-order valence-electron chi connectivity index (χ3n) is 5.84. The second-order valence-corrected chi connectivity index (χ2v) is 7.74. The number of hydrogen-bond acceptors (Lipinski definition) is 5. The third-order valence-corrected chi connectivity index (χ3v) is 5.84. The Hall–Kier alpha value is -3.09. The molecule has 168 valence electrons. The van der Waals surface area contributed by atoms with Crippen LogP contribution in [0.1, 0.15) is 28.9 Å². The van der Waals surface area contributed by atoms with Gasteiger partial charge in [0.25, 0.3) is 5.91 Å². The first-order valence-electron chi connectivity index (χ1n) is 11.1. The summed E-state index contributed by atoms with van der Waals surface area (Å²) in [6.45, 7) is 5.90. The molecule has 6 nitrogen and oxygen atoms in total. The summed E-state index contributed by atoms with van der Waals surface area (Å²) in [5.74, 6) is 1.28. The molecule has 0 aliphatic carbocycles. The van der Waals surface area contributed by atoms with Gasteiger partial charge < -0.3 is 19.5 Å². The van der Waals surface area contributed by atoms with Crippen molar-refractivity contribution in [2.45, 2.75) is 13.0 Å². The predicted molar refractivity (Wildman–Crippen MR) is 126 cm³/mol. The fourth-order valence-corrected chi connectivity index (χ4v) is 4.24. The number of carbonyl (C=O) groups is 1. The van der Waals surface area contributed by atoms with Gasteiger partial charge in [0.2, 0.25) is 0 Å². The lowest BCUT2D eigenvalue weighted by atomic mass is 10.0. The molecule has 0 spiro atoms. The Morgan fingerprint density at radius 3 is 2.69 bits per heavy atom. The van der Waals surface area contributed by atoms with Gasteiger partial charge in [-0.05, 0) is 41.5 Å². The molecule has 1 aliphatic rings. The minimum Gasteiger partial charge on any atom is -0.497 e. The van der Waals surface area contributed by atoms with Crippen LogP contribution >= 0.6 is 0 Å². The molecule has 32 heavy (non-hydrogen) atoms. The van der Waals surface area contributed by atoms with E-state index in [0.717, 1.165) is 35.2 Å². The topological polar surface area (TPSA) is 60.0 Å². The molecule has 0 radical (unpaired) electrons. The first-order chi connectivity index (χ1) is 15.7. The van der Waals surface area contributed by atoms with Crippen LogP contribution < -0.4 is 14.8 Å². The zero-order chi connectivity index (χ0) is 22.3. The Labute approximate surface area is 189 Å². The Balaban J connectivity index is 1.62. The molecule has 3 aromatic carbocycles. The molecule has 0 saturated carbocycles. The van der Waals surface area contributed by atoms with Crippen molar-refractivity contribution < 1.29 is 19.0 Å². The first-order valence-corrected chi connectivity index (χ1v) is 11.1. The molecule has 0 aromatic heterocycles. The van der Waals surface area contributed by atoms with E-state index in [-0.39, 0.29) is 11.9 Å². The van der Waals surface area contributed by atoms with Crippen LogP contribution in [-0.4, -0.2) is 57.4 Å². The van der Waals surface area contributed by atoms with E-state index in [4.69, 9.17) is 14.2 Å². The molecular weight excluding hydrogens is 404 g/mol. The number of rotatable bonds is 8. The van der Waals surface area contributed by atoms with E-state index in [1.54, 1.807) is 7.11 Å². The van der Waals surface area contributed by atoms with Gasteiger partial charge in [-0.3, -0.25) is 9.69 Å². The van der Waals surface area contributed by atoms with Crippen LogP contribution in [0.15, 0.2) is 60.7 Å². The van der Waals surface area contributed by atoms with Crippen molar-refractivity contribution >= 4 is 16.7 Å². The number of methoxy groups -OCH3 is 1. The van der Waals surface area contributed by atoms with E-state index < -0.39 is 0 Å². The Morgan fingerprint density at radius 1 is 1.09 bits per heavy atom. The molecule has 1 aliphatic heterocycles. The number of carbonyl (C=O) groups excluding carboxylic acids is 1. The van der Waals surface area contributed by atoms with Crippen molar-refractivity contribution in [3.63, 3.8) is 0 Å². The van der Waals surface area contributed by atoms with Crippen LogP contribution in [-0.2, 0) is 4.74 Å². The largest absolute Gasteiger partial charge is 0.497 e. The number of ether oxygens (including phenoxy) is 3. The monoisotopic (exact) mass is 434 g/mol. The van der Waals surface area contributed by atoms with Gasteiger partial charge in [-0.15, -0.1) is 0 Å². The highest BCUT2D eigenvalue weighted by molar-refractivity contribution is 6.09. The van der Waals surface area contributed by atoms with Crippen molar-refractivity contribution in [2.75, 3.05) is 46.6 Å². The fourth-order valence-electron chi connectivity index (χ4n) is 4.24. The van der Waals surface area contributed by atoms with E-state index in [2.05, 4.69) is 16.3 Å². The van der Waals surface area contributed by atoms with Gasteiger partial charge in [-0.25, -0.2) is 0 Å². The average molecular weight is 435 g/mol. The van der Waals surface area contributed by atoms with E-state index in [0.29, 0.717) is 37.7 Å². The maximum Gasteiger partial charge on any atom is 0.255 e. The molecule has 4 rings (SSSR count). The van der Waals surface area contributed by atoms with Gasteiger partial charge in [0.1, 0.15) is 11.5 Å². The van der Waals surface area contributed by atoms with E-state index in [9.17, 15) is 4.79 Å². The summed E-state index contributed by atoms with van der Waals surface area (Å²) in [7, 11) is 1.67. The first kappa shape index (κ1) is 22.1. The Bertz CT molecular complexity index is 1060. The third kappa shape index (κ3) is 4.87. The van der Waals surface area contributed by atoms with Crippen LogP contribution in [0.5, 0.6) is 11.5 Å². The summed E-state index contributed by atoms with van der Waals surface area (Å²) in [4.78, 5) is 15.8. The normalized spacial score (nSPS) is 15.3. The lowest BCUT2D eigenvalue weighted by Crippen LogP contribution is -2.43. The minimum atomic E-state index is -0.133. The quantitative estimate of drug-likeness (QED) is 0.580. The summed E-state index contributed by atoms with van der Waals surface area (Å²) in [5, 5.41) is 5.08.